The minimum absolute atomic E-state index is 0.561. The van der Waals surface area contributed by atoms with Crippen LogP contribution in [0.15, 0.2) is 0 Å². The molecule has 18 heavy (non-hydrogen) atoms. The SMILES string of the molecule is CCCc1nc(N(C)C(CC)CSC)sc1CN. The lowest BCUT2D eigenvalue weighted by Crippen LogP contribution is -2.33. The molecule has 1 unspecified atom stereocenters. The summed E-state index contributed by atoms with van der Waals surface area (Å²) < 4.78 is 0. The molecular formula is C13H25N3S2. The number of hydrogen-bond donors (Lipinski definition) is 1. The van der Waals surface area contributed by atoms with E-state index in [-0.39, 0.29) is 0 Å². The summed E-state index contributed by atoms with van der Waals surface area (Å²) in [5, 5.41) is 1.12. The van der Waals surface area contributed by atoms with Crippen LogP contribution in [0.3, 0.4) is 0 Å². The summed E-state index contributed by atoms with van der Waals surface area (Å²) in [5.41, 5.74) is 7.01. The van der Waals surface area contributed by atoms with Crippen LogP contribution in [0.4, 0.5) is 5.13 Å². The molecule has 1 aromatic heterocycles. The van der Waals surface area contributed by atoms with Gasteiger partial charge in [-0.25, -0.2) is 4.98 Å². The molecule has 5 heteroatoms. The average Bonchev–Trinajstić information content (AvgIpc) is 2.78. The second kappa shape index (κ2) is 8.02. The molecule has 0 aliphatic heterocycles. The van der Waals surface area contributed by atoms with Gasteiger partial charge in [-0.05, 0) is 19.1 Å². The van der Waals surface area contributed by atoms with Crippen LogP contribution in [-0.4, -0.2) is 30.1 Å². The van der Waals surface area contributed by atoms with E-state index in [1.807, 2.05) is 11.8 Å². The maximum absolute atomic E-state index is 5.81. The molecule has 0 spiro atoms. The number of aryl methyl sites for hydroxylation is 1. The lowest BCUT2D eigenvalue weighted by molar-refractivity contribution is 0.670. The molecule has 1 aromatic rings. The van der Waals surface area contributed by atoms with E-state index in [1.54, 1.807) is 11.3 Å². The van der Waals surface area contributed by atoms with Crippen LogP contribution in [-0.2, 0) is 13.0 Å². The number of hydrogen-bond acceptors (Lipinski definition) is 5. The first-order valence-corrected chi connectivity index (χ1v) is 8.79. The number of nitrogens with zero attached hydrogens (tertiary/aromatic N) is 2. The van der Waals surface area contributed by atoms with E-state index in [9.17, 15) is 0 Å². The average molecular weight is 287 g/mol. The van der Waals surface area contributed by atoms with Crippen LogP contribution in [0.5, 0.6) is 0 Å². The molecule has 0 fully saturated rings. The fourth-order valence-electron chi connectivity index (χ4n) is 1.96. The summed E-state index contributed by atoms with van der Waals surface area (Å²) in [6.07, 6.45) is 5.47. The predicted molar refractivity (Wildman–Crippen MR) is 84.9 cm³/mol. The van der Waals surface area contributed by atoms with Gasteiger partial charge in [-0.15, -0.1) is 11.3 Å². The Balaban J connectivity index is 2.87. The highest BCUT2D eigenvalue weighted by Gasteiger charge is 2.18. The number of rotatable bonds is 8. The smallest absolute Gasteiger partial charge is 0.185 e. The Hall–Kier alpha value is -0.260. The van der Waals surface area contributed by atoms with Gasteiger partial charge in [0.25, 0.3) is 0 Å². The van der Waals surface area contributed by atoms with E-state index >= 15 is 0 Å². The molecule has 2 N–H and O–H groups in total. The first-order valence-electron chi connectivity index (χ1n) is 6.58. The summed E-state index contributed by atoms with van der Waals surface area (Å²) in [7, 11) is 2.15. The standard InChI is InChI=1S/C13H25N3S2/c1-5-7-11-12(8-14)18-13(15-11)16(3)10(6-2)9-17-4/h10H,5-9,14H2,1-4H3. The third-order valence-electron chi connectivity index (χ3n) is 3.12. The van der Waals surface area contributed by atoms with Gasteiger partial charge in [0.05, 0.1) is 5.69 Å². The van der Waals surface area contributed by atoms with Gasteiger partial charge in [-0.1, -0.05) is 20.3 Å². The Morgan fingerprint density at radius 3 is 2.67 bits per heavy atom. The second-order valence-corrected chi connectivity index (χ2v) is 6.42. The number of thioether (sulfide) groups is 1. The van der Waals surface area contributed by atoms with Crippen molar-refractivity contribution >= 4 is 28.2 Å². The van der Waals surface area contributed by atoms with Gasteiger partial charge < -0.3 is 10.6 Å². The molecule has 0 aliphatic rings. The van der Waals surface area contributed by atoms with Gasteiger partial charge in [-0.3, -0.25) is 0 Å². The highest BCUT2D eigenvalue weighted by molar-refractivity contribution is 7.98. The molecular weight excluding hydrogens is 262 g/mol. The highest BCUT2D eigenvalue weighted by Crippen LogP contribution is 2.28. The summed E-state index contributed by atoms with van der Waals surface area (Å²) in [4.78, 5) is 8.34. The zero-order chi connectivity index (χ0) is 13.5. The summed E-state index contributed by atoms with van der Waals surface area (Å²) in [6, 6.07) is 0.561. The minimum Gasteiger partial charge on any atom is -0.347 e. The van der Waals surface area contributed by atoms with Crippen molar-refractivity contribution < 1.29 is 0 Å². The van der Waals surface area contributed by atoms with E-state index in [4.69, 9.17) is 10.7 Å². The molecule has 0 saturated heterocycles. The molecule has 1 atom stereocenters. The van der Waals surface area contributed by atoms with Crippen molar-refractivity contribution in [3.63, 3.8) is 0 Å². The maximum Gasteiger partial charge on any atom is 0.185 e. The predicted octanol–water partition coefficient (Wildman–Crippen LogP) is 3.13. The lowest BCUT2D eigenvalue weighted by atomic mass is 10.2. The quantitative estimate of drug-likeness (QED) is 0.797. The Labute approximate surface area is 119 Å². The fraction of sp³-hybridized carbons (Fsp3) is 0.769. The molecule has 1 rings (SSSR count). The zero-order valence-electron chi connectivity index (χ0n) is 11.9. The van der Waals surface area contributed by atoms with Crippen LogP contribution in [0.2, 0.25) is 0 Å². The topological polar surface area (TPSA) is 42.2 Å². The third-order valence-corrected chi connectivity index (χ3v) is 5.05. The number of nitrogens with two attached hydrogens (primary N) is 1. The van der Waals surface area contributed by atoms with E-state index in [2.05, 4.69) is 32.1 Å². The van der Waals surface area contributed by atoms with Gasteiger partial charge in [0.2, 0.25) is 0 Å². The second-order valence-electron chi connectivity index (χ2n) is 4.45. The molecule has 0 amide bonds. The fourth-order valence-corrected chi connectivity index (χ4v) is 3.83. The van der Waals surface area contributed by atoms with Crippen LogP contribution < -0.4 is 10.6 Å². The van der Waals surface area contributed by atoms with Gasteiger partial charge in [-0.2, -0.15) is 11.8 Å². The van der Waals surface area contributed by atoms with E-state index in [1.165, 1.54) is 10.6 Å². The normalized spacial score (nSPS) is 12.7. The van der Waals surface area contributed by atoms with E-state index in [0.29, 0.717) is 12.6 Å². The molecule has 1 heterocycles. The number of anilines is 1. The lowest BCUT2D eigenvalue weighted by Gasteiger charge is -2.26. The molecule has 0 radical (unpaired) electrons. The van der Waals surface area contributed by atoms with Crippen molar-refractivity contribution in [2.75, 3.05) is 24.0 Å². The van der Waals surface area contributed by atoms with E-state index < -0.39 is 0 Å². The van der Waals surface area contributed by atoms with Gasteiger partial charge in [0.15, 0.2) is 5.13 Å². The van der Waals surface area contributed by atoms with Crippen LogP contribution in [0.1, 0.15) is 37.3 Å². The van der Waals surface area contributed by atoms with Gasteiger partial charge in [0, 0.05) is 30.3 Å². The maximum atomic E-state index is 5.81. The molecule has 0 aromatic carbocycles. The van der Waals surface area contributed by atoms with Crippen molar-refractivity contribution in [1.82, 2.24) is 4.98 Å². The highest BCUT2D eigenvalue weighted by atomic mass is 32.2. The van der Waals surface area contributed by atoms with Crippen LogP contribution in [0, 0.1) is 0 Å². The molecule has 0 aliphatic carbocycles. The van der Waals surface area contributed by atoms with E-state index in [0.717, 1.165) is 30.1 Å². The monoisotopic (exact) mass is 287 g/mol. The summed E-state index contributed by atoms with van der Waals surface area (Å²) in [6.45, 7) is 5.04. The molecule has 0 saturated carbocycles. The minimum atomic E-state index is 0.561. The van der Waals surface area contributed by atoms with Crippen LogP contribution in [0.25, 0.3) is 0 Å². The first kappa shape index (κ1) is 15.8. The van der Waals surface area contributed by atoms with Crippen molar-refractivity contribution in [3.05, 3.63) is 10.6 Å². The Kier molecular flexibility index (Phi) is 7.04. The first-order chi connectivity index (χ1) is 8.67. The van der Waals surface area contributed by atoms with Crippen molar-refractivity contribution in [3.8, 4) is 0 Å². The van der Waals surface area contributed by atoms with Crippen molar-refractivity contribution in [1.29, 1.82) is 0 Å². The number of aromatic nitrogens is 1. The molecule has 104 valence electrons. The largest absolute Gasteiger partial charge is 0.347 e. The van der Waals surface area contributed by atoms with Crippen LogP contribution >= 0.6 is 23.1 Å². The summed E-state index contributed by atoms with van der Waals surface area (Å²) >= 11 is 3.65. The third kappa shape index (κ3) is 3.87. The molecule has 0 bridgehead atoms. The van der Waals surface area contributed by atoms with Gasteiger partial charge in [0.1, 0.15) is 0 Å². The number of thiazole rings is 1. The zero-order valence-corrected chi connectivity index (χ0v) is 13.5. The Bertz CT molecular complexity index is 352. The van der Waals surface area contributed by atoms with Crippen molar-refractivity contribution in [2.45, 2.75) is 45.7 Å². The Morgan fingerprint density at radius 2 is 2.17 bits per heavy atom. The molecule has 3 nitrogen and oxygen atoms in total. The van der Waals surface area contributed by atoms with Gasteiger partial charge >= 0.3 is 0 Å². The van der Waals surface area contributed by atoms with Crippen molar-refractivity contribution in [2.24, 2.45) is 5.73 Å². The summed E-state index contributed by atoms with van der Waals surface area (Å²) in [5.74, 6) is 1.15. The Morgan fingerprint density at radius 1 is 1.44 bits per heavy atom.